The molecule has 0 radical (unpaired) electrons. The third-order valence-corrected chi connectivity index (χ3v) is 4.11. The lowest BCUT2D eigenvalue weighted by Gasteiger charge is -2.35. The zero-order chi connectivity index (χ0) is 14.5. The van der Waals surface area contributed by atoms with E-state index in [-0.39, 0.29) is 6.61 Å². The number of anilines is 1. The molecule has 0 aliphatic heterocycles. The van der Waals surface area contributed by atoms with Crippen LogP contribution < -0.4 is 15.8 Å². The lowest BCUT2D eigenvalue weighted by atomic mass is 9.78. The molecule has 1 amide bonds. The van der Waals surface area contributed by atoms with Crippen LogP contribution in [0.4, 0.5) is 5.69 Å². The van der Waals surface area contributed by atoms with Crippen molar-refractivity contribution in [1.29, 1.82) is 0 Å². The summed E-state index contributed by atoms with van der Waals surface area (Å²) in [5, 5.41) is 3.63. The number of rotatable bonds is 5. The van der Waals surface area contributed by atoms with Crippen molar-refractivity contribution in [3.05, 3.63) is 24.3 Å². The maximum atomic E-state index is 10.7. The van der Waals surface area contributed by atoms with Crippen molar-refractivity contribution in [2.75, 3.05) is 11.9 Å². The molecule has 110 valence electrons. The fraction of sp³-hybridized carbons (Fsp3) is 0.562. The molecule has 1 aliphatic rings. The van der Waals surface area contributed by atoms with E-state index in [1.165, 1.54) is 19.3 Å². The number of amides is 1. The molecular formula is C16H24N2O2. The Bertz CT molecular complexity index is 434. The largest absolute Gasteiger partial charge is 0.484 e. The number of nitrogens with two attached hydrogens (primary N) is 1. The van der Waals surface area contributed by atoms with E-state index in [1.54, 1.807) is 0 Å². The first-order valence-electron chi connectivity index (χ1n) is 7.34. The maximum Gasteiger partial charge on any atom is 0.255 e. The van der Waals surface area contributed by atoms with Crippen molar-refractivity contribution >= 4 is 11.6 Å². The normalized spacial score (nSPS) is 26.0. The molecule has 2 unspecified atom stereocenters. The summed E-state index contributed by atoms with van der Waals surface area (Å²) in [5.41, 5.74) is 6.15. The van der Waals surface area contributed by atoms with E-state index < -0.39 is 5.91 Å². The van der Waals surface area contributed by atoms with Gasteiger partial charge in [0, 0.05) is 11.7 Å². The van der Waals surface area contributed by atoms with Crippen molar-refractivity contribution in [2.24, 2.45) is 17.6 Å². The topological polar surface area (TPSA) is 64.3 Å². The molecule has 4 nitrogen and oxygen atoms in total. The molecule has 2 atom stereocenters. The molecule has 1 aromatic rings. The number of nitrogens with one attached hydrogen (secondary N) is 1. The van der Waals surface area contributed by atoms with Gasteiger partial charge in [-0.15, -0.1) is 0 Å². The van der Waals surface area contributed by atoms with Gasteiger partial charge in [0.1, 0.15) is 5.75 Å². The number of carbonyl (C=O) groups excluding carboxylic acids is 1. The number of hydrogen-bond donors (Lipinski definition) is 2. The van der Waals surface area contributed by atoms with Crippen molar-refractivity contribution in [1.82, 2.24) is 0 Å². The van der Waals surface area contributed by atoms with Crippen LogP contribution in [-0.2, 0) is 4.79 Å². The van der Waals surface area contributed by atoms with E-state index in [9.17, 15) is 4.79 Å². The van der Waals surface area contributed by atoms with Gasteiger partial charge in [0.25, 0.3) is 5.91 Å². The minimum Gasteiger partial charge on any atom is -0.484 e. The summed E-state index contributed by atoms with van der Waals surface area (Å²) in [6.45, 7) is 4.55. The first-order valence-corrected chi connectivity index (χ1v) is 7.34. The Labute approximate surface area is 120 Å². The number of hydrogen-bond acceptors (Lipinski definition) is 3. The summed E-state index contributed by atoms with van der Waals surface area (Å²) in [7, 11) is 0. The number of ether oxygens (including phenoxy) is 1. The predicted molar refractivity (Wildman–Crippen MR) is 80.7 cm³/mol. The van der Waals surface area contributed by atoms with Crippen LogP contribution in [0.1, 0.15) is 33.1 Å². The predicted octanol–water partition coefficient (Wildman–Crippen LogP) is 2.79. The Kier molecular flexibility index (Phi) is 4.88. The molecular weight excluding hydrogens is 252 g/mol. The first-order chi connectivity index (χ1) is 9.56. The van der Waals surface area contributed by atoms with Crippen LogP contribution in [0.2, 0.25) is 0 Å². The Balaban J connectivity index is 1.94. The smallest absolute Gasteiger partial charge is 0.255 e. The van der Waals surface area contributed by atoms with E-state index >= 15 is 0 Å². The third-order valence-electron chi connectivity index (χ3n) is 4.11. The molecule has 20 heavy (non-hydrogen) atoms. The van der Waals surface area contributed by atoms with Crippen LogP contribution in [0.15, 0.2) is 24.3 Å². The monoisotopic (exact) mass is 276 g/mol. The van der Waals surface area contributed by atoms with Crippen molar-refractivity contribution in [3.8, 4) is 5.75 Å². The highest BCUT2D eigenvalue weighted by atomic mass is 16.5. The van der Waals surface area contributed by atoms with E-state index in [0.717, 1.165) is 5.69 Å². The summed E-state index contributed by atoms with van der Waals surface area (Å²) in [6, 6.07) is 8.24. The van der Waals surface area contributed by atoms with Gasteiger partial charge >= 0.3 is 0 Å². The lowest BCUT2D eigenvalue weighted by molar-refractivity contribution is -0.119. The lowest BCUT2D eigenvalue weighted by Crippen LogP contribution is -2.36. The minimum atomic E-state index is -0.461. The summed E-state index contributed by atoms with van der Waals surface area (Å²) in [4.78, 5) is 10.7. The Morgan fingerprint density at radius 2 is 1.85 bits per heavy atom. The van der Waals surface area contributed by atoms with Gasteiger partial charge < -0.3 is 15.8 Å². The molecule has 1 fully saturated rings. The van der Waals surface area contributed by atoms with Crippen LogP contribution in [0, 0.1) is 11.8 Å². The molecule has 0 bridgehead atoms. The van der Waals surface area contributed by atoms with Gasteiger partial charge in [0.2, 0.25) is 0 Å². The molecule has 0 heterocycles. The first kappa shape index (κ1) is 14.7. The van der Waals surface area contributed by atoms with Gasteiger partial charge in [0.15, 0.2) is 6.61 Å². The Morgan fingerprint density at radius 3 is 2.40 bits per heavy atom. The van der Waals surface area contributed by atoms with Crippen LogP contribution in [0.5, 0.6) is 5.75 Å². The fourth-order valence-corrected chi connectivity index (χ4v) is 2.96. The molecule has 0 saturated heterocycles. The van der Waals surface area contributed by atoms with Gasteiger partial charge in [-0.05, 0) is 48.9 Å². The van der Waals surface area contributed by atoms with Gasteiger partial charge in [-0.25, -0.2) is 0 Å². The highest BCUT2D eigenvalue weighted by molar-refractivity contribution is 5.75. The van der Waals surface area contributed by atoms with Crippen LogP contribution in [0.25, 0.3) is 0 Å². The third kappa shape index (κ3) is 3.89. The molecule has 0 spiro atoms. The highest BCUT2D eigenvalue weighted by Gasteiger charge is 2.27. The van der Waals surface area contributed by atoms with Crippen LogP contribution in [-0.4, -0.2) is 18.6 Å². The van der Waals surface area contributed by atoms with E-state index in [4.69, 9.17) is 10.5 Å². The SMILES string of the molecule is CC1CCCC(C)C1Nc1ccc(OCC(N)=O)cc1. The van der Waals surface area contributed by atoms with E-state index in [1.807, 2.05) is 24.3 Å². The molecule has 3 N–H and O–H groups in total. The Morgan fingerprint density at radius 1 is 1.25 bits per heavy atom. The standard InChI is InChI=1S/C16H24N2O2/c1-11-4-3-5-12(2)16(11)18-13-6-8-14(9-7-13)20-10-15(17)19/h6-9,11-12,16,18H,3-5,10H2,1-2H3,(H2,17,19). The van der Waals surface area contributed by atoms with E-state index in [0.29, 0.717) is 23.6 Å². The van der Waals surface area contributed by atoms with Gasteiger partial charge in [-0.2, -0.15) is 0 Å². The summed E-state index contributed by atoms with van der Waals surface area (Å²) < 4.78 is 5.25. The molecule has 1 saturated carbocycles. The molecule has 1 aromatic carbocycles. The molecule has 0 aromatic heterocycles. The average molecular weight is 276 g/mol. The van der Waals surface area contributed by atoms with Crippen molar-refractivity contribution < 1.29 is 9.53 Å². The number of primary amides is 1. The quantitative estimate of drug-likeness (QED) is 0.869. The van der Waals surface area contributed by atoms with Crippen LogP contribution >= 0.6 is 0 Å². The molecule has 2 rings (SSSR count). The van der Waals surface area contributed by atoms with Gasteiger partial charge in [0.05, 0.1) is 0 Å². The van der Waals surface area contributed by atoms with Crippen molar-refractivity contribution in [2.45, 2.75) is 39.2 Å². The minimum absolute atomic E-state index is 0.0799. The Hall–Kier alpha value is -1.71. The second-order valence-corrected chi connectivity index (χ2v) is 5.83. The van der Waals surface area contributed by atoms with Crippen molar-refractivity contribution in [3.63, 3.8) is 0 Å². The number of benzene rings is 1. The maximum absolute atomic E-state index is 10.7. The zero-order valence-corrected chi connectivity index (χ0v) is 12.3. The zero-order valence-electron chi connectivity index (χ0n) is 12.3. The summed E-state index contributed by atoms with van der Waals surface area (Å²) in [6.07, 6.45) is 3.92. The average Bonchev–Trinajstić information content (AvgIpc) is 2.42. The second-order valence-electron chi connectivity index (χ2n) is 5.83. The molecule has 4 heteroatoms. The molecule has 1 aliphatic carbocycles. The summed E-state index contributed by atoms with van der Waals surface area (Å²) >= 11 is 0. The number of carbonyl (C=O) groups is 1. The fourth-order valence-electron chi connectivity index (χ4n) is 2.96. The van der Waals surface area contributed by atoms with Crippen LogP contribution in [0.3, 0.4) is 0 Å². The highest BCUT2D eigenvalue weighted by Crippen LogP contribution is 2.31. The van der Waals surface area contributed by atoms with Gasteiger partial charge in [-0.1, -0.05) is 20.3 Å². The van der Waals surface area contributed by atoms with Gasteiger partial charge in [-0.3, -0.25) is 4.79 Å². The van der Waals surface area contributed by atoms with E-state index in [2.05, 4.69) is 19.2 Å². The second kappa shape index (κ2) is 6.64. The summed E-state index contributed by atoms with van der Waals surface area (Å²) in [5.74, 6) is 1.60.